The van der Waals surface area contributed by atoms with Gasteiger partial charge in [-0.1, -0.05) is 6.92 Å². The number of ether oxygens (including phenoxy) is 1. The minimum Gasteiger partial charge on any atom is -0.459 e. The highest BCUT2D eigenvalue weighted by molar-refractivity contribution is 5.76. The van der Waals surface area contributed by atoms with E-state index in [0.717, 1.165) is 29.5 Å². The Morgan fingerprint density at radius 2 is 1.43 bits per heavy atom. The summed E-state index contributed by atoms with van der Waals surface area (Å²) in [4.78, 5) is 8.66. The molecule has 0 amide bonds. The fraction of sp³-hybridized carbons (Fsp3) is 0.444. The summed E-state index contributed by atoms with van der Waals surface area (Å²) < 4.78 is 17.4. The van der Waals surface area contributed by atoms with E-state index in [1.54, 1.807) is 12.4 Å². The van der Waals surface area contributed by atoms with Gasteiger partial charge in [0, 0.05) is 0 Å². The third kappa shape index (κ3) is 3.45. The van der Waals surface area contributed by atoms with E-state index >= 15 is 0 Å². The molecule has 0 spiro atoms. The van der Waals surface area contributed by atoms with Crippen LogP contribution in [-0.2, 0) is 10.2 Å². The van der Waals surface area contributed by atoms with Gasteiger partial charge in [-0.3, -0.25) is 9.98 Å². The second kappa shape index (κ2) is 6.96. The van der Waals surface area contributed by atoms with Gasteiger partial charge >= 0.3 is 0 Å². The van der Waals surface area contributed by atoms with Gasteiger partial charge in [0.2, 0.25) is 0 Å². The molecule has 0 saturated heterocycles. The molecule has 0 aromatic carbocycles. The van der Waals surface area contributed by atoms with Crippen molar-refractivity contribution < 1.29 is 13.6 Å². The average molecular weight is 314 g/mol. The van der Waals surface area contributed by atoms with Crippen LogP contribution in [0.15, 0.2) is 43.1 Å². The molecule has 23 heavy (non-hydrogen) atoms. The smallest absolute Gasteiger partial charge is 0.144 e. The predicted molar refractivity (Wildman–Crippen MR) is 89.9 cm³/mol. The molecule has 0 atom stereocenters. The molecular weight excluding hydrogens is 292 g/mol. The maximum atomic E-state index is 5.97. The summed E-state index contributed by atoms with van der Waals surface area (Å²) in [5.41, 5.74) is -0.307. The first-order valence-electron chi connectivity index (χ1n) is 8.00. The molecule has 0 N–H and O–H groups in total. The van der Waals surface area contributed by atoms with E-state index in [0.29, 0.717) is 26.3 Å². The number of hydrogen-bond acceptors (Lipinski definition) is 5. The van der Waals surface area contributed by atoms with Gasteiger partial charge in [-0.05, 0) is 37.6 Å². The highest BCUT2D eigenvalue weighted by Gasteiger charge is 2.33. The van der Waals surface area contributed by atoms with Crippen molar-refractivity contribution in [3.05, 3.63) is 47.3 Å². The quantitative estimate of drug-likeness (QED) is 0.810. The third-order valence-corrected chi connectivity index (χ3v) is 4.21. The SMILES string of the molecule is CCC1(C)c2ccc(o2)C=NCCOCCN=Cc2ccc1o2. The second-order valence-corrected chi connectivity index (χ2v) is 5.77. The standard InChI is InChI=1S/C18H22N2O3/c1-3-18(2)16-6-4-14(22-16)12-19-8-10-21-11-9-20-13-15-5-7-17(18)23-15/h4-7,12-13H,3,8-11H2,1-2H3. The Kier molecular flexibility index (Phi) is 4.76. The maximum absolute atomic E-state index is 5.97. The third-order valence-electron chi connectivity index (χ3n) is 4.21. The average Bonchev–Trinajstić information content (AvgIpc) is 3.22. The highest BCUT2D eigenvalue weighted by atomic mass is 16.5. The van der Waals surface area contributed by atoms with Gasteiger partial charge < -0.3 is 13.6 Å². The summed E-state index contributed by atoms with van der Waals surface area (Å²) in [6.45, 7) is 6.65. The molecule has 0 unspecified atom stereocenters. The highest BCUT2D eigenvalue weighted by Crippen LogP contribution is 2.36. The van der Waals surface area contributed by atoms with Crippen molar-refractivity contribution in [2.75, 3.05) is 26.3 Å². The summed E-state index contributed by atoms with van der Waals surface area (Å²) in [6, 6.07) is 7.87. The molecule has 0 radical (unpaired) electrons. The van der Waals surface area contributed by atoms with Gasteiger partial charge in [-0.15, -0.1) is 0 Å². The summed E-state index contributed by atoms with van der Waals surface area (Å²) >= 11 is 0. The molecule has 0 fully saturated rings. The minimum absolute atomic E-state index is 0.307. The lowest BCUT2D eigenvalue weighted by molar-refractivity contribution is 0.150. The number of aliphatic imine (C=N–C) groups is 2. The van der Waals surface area contributed by atoms with Gasteiger partial charge in [0.25, 0.3) is 0 Å². The molecule has 1 aliphatic heterocycles. The van der Waals surface area contributed by atoms with Crippen LogP contribution in [0.25, 0.3) is 0 Å². The zero-order valence-corrected chi connectivity index (χ0v) is 13.6. The summed E-state index contributed by atoms with van der Waals surface area (Å²) in [5, 5.41) is 0. The first kappa shape index (κ1) is 15.7. The Morgan fingerprint density at radius 3 is 1.91 bits per heavy atom. The molecule has 0 saturated carbocycles. The first-order chi connectivity index (χ1) is 11.2. The largest absolute Gasteiger partial charge is 0.459 e. The lowest BCUT2D eigenvalue weighted by Crippen LogP contribution is -2.21. The summed E-state index contributed by atoms with van der Waals surface area (Å²) in [7, 11) is 0. The van der Waals surface area contributed by atoms with Crippen molar-refractivity contribution in [2.24, 2.45) is 9.98 Å². The Labute approximate surface area is 136 Å². The van der Waals surface area contributed by atoms with E-state index in [9.17, 15) is 0 Å². The van der Waals surface area contributed by atoms with Crippen LogP contribution >= 0.6 is 0 Å². The Bertz CT molecular complexity index is 642. The van der Waals surface area contributed by atoms with E-state index in [1.165, 1.54) is 0 Å². The molecule has 3 rings (SSSR count). The van der Waals surface area contributed by atoms with Crippen molar-refractivity contribution in [1.82, 2.24) is 0 Å². The lowest BCUT2D eigenvalue weighted by atomic mass is 9.82. The van der Waals surface area contributed by atoms with Crippen molar-refractivity contribution in [3.8, 4) is 0 Å². The Balaban J connectivity index is 1.97. The molecule has 122 valence electrons. The normalized spacial score (nSPS) is 22.3. The minimum atomic E-state index is -0.307. The van der Waals surface area contributed by atoms with Crippen molar-refractivity contribution >= 4 is 12.4 Å². The lowest BCUT2D eigenvalue weighted by Gasteiger charge is -2.23. The van der Waals surface area contributed by atoms with Gasteiger partial charge in [-0.2, -0.15) is 0 Å². The fourth-order valence-electron chi connectivity index (χ4n) is 2.55. The van der Waals surface area contributed by atoms with Gasteiger partial charge in [-0.25, -0.2) is 0 Å². The molecule has 3 heterocycles. The zero-order valence-electron chi connectivity index (χ0n) is 13.6. The molecule has 2 aromatic heterocycles. The molecule has 5 heteroatoms. The predicted octanol–water partition coefficient (Wildman–Crippen LogP) is 3.46. The topological polar surface area (TPSA) is 60.2 Å². The molecular formula is C18H22N2O3. The number of fused-ring (bicyclic) bond motifs is 4. The van der Waals surface area contributed by atoms with Crippen LogP contribution in [0.4, 0.5) is 0 Å². The summed E-state index contributed by atoms with van der Waals surface area (Å²) in [6.07, 6.45) is 4.37. The summed E-state index contributed by atoms with van der Waals surface area (Å²) in [5.74, 6) is 3.26. The van der Waals surface area contributed by atoms with Gasteiger partial charge in [0.05, 0.1) is 44.1 Å². The number of hydrogen-bond donors (Lipinski definition) is 0. The van der Waals surface area contributed by atoms with Crippen LogP contribution in [0, 0.1) is 0 Å². The number of furan rings is 2. The van der Waals surface area contributed by atoms with Crippen LogP contribution in [0.1, 0.15) is 43.3 Å². The van der Waals surface area contributed by atoms with Crippen molar-refractivity contribution in [3.63, 3.8) is 0 Å². The fourth-order valence-corrected chi connectivity index (χ4v) is 2.55. The molecule has 1 aliphatic rings. The molecule has 2 aromatic rings. The first-order valence-corrected chi connectivity index (χ1v) is 8.00. The molecule has 0 aliphatic carbocycles. The Hall–Kier alpha value is -2.14. The van der Waals surface area contributed by atoms with Gasteiger partial charge in [0.15, 0.2) is 0 Å². The van der Waals surface area contributed by atoms with Crippen LogP contribution < -0.4 is 0 Å². The monoisotopic (exact) mass is 314 g/mol. The van der Waals surface area contributed by atoms with Crippen LogP contribution in [0.5, 0.6) is 0 Å². The van der Waals surface area contributed by atoms with E-state index in [4.69, 9.17) is 13.6 Å². The second-order valence-electron chi connectivity index (χ2n) is 5.77. The maximum Gasteiger partial charge on any atom is 0.144 e. The van der Waals surface area contributed by atoms with E-state index in [1.807, 2.05) is 24.3 Å². The van der Waals surface area contributed by atoms with E-state index in [2.05, 4.69) is 23.8 Å². The molecule has 5 nitrogen and oxygen atoms in total. The zero-order chi connectivity index (χ0) is 16.1. The number of rotatable bonds is 1. The van der Waals surface area contributed by atoms with Crippen LogP contribution in [0.2, 0.25) is 0 Å². The number of nitrogens with zero attached hydrogens (tertiary/aromatic N) is 2. The Morgan fingerprint density at radius 1 is 0.913 bits per heavy atom. The van der Waals surface area contributed by atoms with Crippen LogP contribution in [0.3, 0.4) is 0 Å². The van der Waals surface area contributed by atoms with E-state index in [-0.39, 0.29) is 5.41 Å². The van der Waals surface area contributed by atoms with Gasteiger partial charge in [0.1, 0.15) is 23.0 Å². The van der Waals surface area contributed by atoms with Crippen LogP contribution in [-0.4, -0.2) is 38.7 Å². The van der Waals surface area contributed by atoms with Crippen molar-refractivity contribution in [2.45, 2.75) is 25.7 Å². The van der Waals surface area contributed by atoms with Crippen molar-refractivity contribution in [1.29, 1.82) is 0 Å². The van der Waals surface area contributed by atoms with E-state index < -0.39 is 0 Å². The molecule has 4 bridgehead atoms.